The molecule has 0 fully saturated rings. The fourth-order valence-corrected chi connectivity index (χ4v) is 2.82. The van der Waals surface area contributed by atoms with E-state index in [1.54, 1.807) is 25.3 Å². The summed E-state index contributed by atoms with van der Waals surface area (Å²) in [7, 11) is 3.12. The van der Waals surface area contributed by atoms with Gasteiger partial charge < -0.3 is 14.6 Å². The molecule has 0 aromatic heterocycles. The number of fused-ring (bicyclic) bond motifs is 1. The van der Waals surface area contributed by atoms with Crippen LogP contribution >= 0.6 is 0 Å². The average Bonchev–Trinajstić information content (AvgIpc) is 2.57. The molecule has 3 rings (SSSR count). The van der Waals surface area contributed by atoms with Gasteiger partial charge in [-0.3, -0.25) is 4.79 Å². The highest BCUT2D eigenvalue weighted by molar-refractivity contribution is 6.13. The Hall–Kier alpha value is -2.75. The van der Waals surface area contributed by atoms with Crippen LogP contribution in [0, 0.1) is 0 Å². The smallest absolute Gasteiger partial charge is 0.189 e. The van der Waals surface area contributed by atoms with E-state index < -0.39 is 0 Å². The van der Waals surface area contributed by atoms with Crippen LogP contribution in [-0.2, 0) is 6.42 Å². The predicted octanol–water partition coefficient (Wildman–Crippen LogP) is 3.62. The summed E-state index contributed by atoms with van der Waals surface area (Å²) < 4.78 is 10.2. The number of methoxy groups -OCH3 is 2. The fraction of sp³-hybridized carbons (Fsp3) is 0.211. The normalized spacial score (nSPS) is 15.4. The molecule has 4 nitrogen and oxygen atoms in total. The largest absolute Gasteiger partial charge is 0.504 e. The molecule has 118 valence electrons. The number of ketones is 1. The third-order valence-corrected chi connectivity index (χ3v) is 4.06. The number of phenolic OH excluding ortho intramolecular Hbond substituents is 1. The van der Waals surface area contributed by atoms with Crippen molar-refractivity contribution in [2.24, 2.45) is 0 Å². The topological polar surface area (TPSA) is 55.8 Å². The lowest BCUT2D eigenvalue weighted by Gasteiger charge is -2.18. The van der Waals surface area contributed by atoms with Gasteiger partial charge in [0.1, 0.15) is 5.75 Å². The molecule has 0 unspecified atom stereocenters. The van der Waals surface area contributed by atoms with Gasteiger partial charge >= 0.3 is 0 Å². The molecule has 1 aliphatic carbocycles. The quantitative estimate of drug-likeness (QED) is 0.880. The first kappa shape index (κ1) is 15.2. The van der Waals surface area contributed by atoms with E-state index in [-0.39, 0.29) is 11.5 Å². The SMILES string of the molecule is COc1ccc2c(c1)CC/C(=C/c1ccc(OC)c(O)c1)C2=O. The number of Topliss-reactive ketones (excluding diaryl/α,β-unsaturated/α-hetero) is 1. The van der Waals surface area contributed by atoms with Gasteiger partial charge in [0.15, 0.2) is 17.3 Å². The highest BCUT2D eigenvalue weighted by Crippen LogP contribution is 2.31. The standard InChI is InChI=1S/C19H18O4/c1-22-15-6-7-16-13(11-15)4-5-14(19(16)21)9-12-3-8-18(23-2)17(20)10-12/h3,6-11,20H,4-5H2,1-2H3/b14-9-. The molecule has 23 heavy (non-hydrogen) atoms. The Kier molecular flexibility index (Phi) is 4.06. The Morgan fingerprint density at radius 1 is 1.04 bits per heavy atom. The van der Waals surface area contributed by atoms with Crippen molar-refractivity contribution in [3.05, 3.63) is 58.7 Å². The van der Waals surface area contributed by atoms with Gasteiger partial charge in [0.05, 0.1) is 14.2 Å². The summed E-state index contributed by atoms with van der Waals surface area (Å²) >= 11 is 0. The third kappa shape index (κ3) is 2.93. The molecule has 1 aliphatic rings. The van der Waals surface area contributed by atoms with Crippen LogP contribution in [-0.4, -0.2) is 25.1 Å². The lowest BCUT2D eigenvalue weighted by molar-refractivity contribution is 0.102. The number of benzene rings is 2. The molecule has 0 bridgehead atoms. The zero-order valence-corrected chi connectivity index (χ0v) is 13.1. The predicted molar refractivity (Wildman–Crippen MR) is 88.3 cm³/mol. The third-order valence-electron chi connectivity index (χ3n) is 4.06. The van der Waals surface area contributed by atoms with Gasteiger partial charge in [0, 0.05) is 11.1 Å². The summed E-state index contributed by atoms with van der Waals surface area (Å²) in [6.45, 7) is 0. The van der Waals surface area contributed by atoms with Crippen molar-refractivity contribution < 1.29 is 19.4 Å². The van der Waals surface area contributed by atoms with Gasteiger partial charge in [0.25, 0.3) is 0 Å². The molecule has 2 aromatic rings. The highest BCUT2D eigenvalue weighted by atomic mass is 16.5. The second-order valence-corrected chi connectivity index (χ2v) is 5.45. The summed E-state index contributed by atoms with van der Waals surface area (Å²) in [4.78, 5) is 12.6. The van der Waals surface area contributed by atoms with E-state index in [0.717, 1.165) is 34.4 Å². The molecule has 2 aromatic carbocycles. The van der Waals surface area contributed by atoms with Crippen LogP contribution in [0.15, 0.2) is 42.0 Å². The van der Waals surface area contributed by atoms with Gasteiger partial charge in [-0.1, -0.05) is 6.07 Å². The van der Waals surface area contributed by atoms with Crippen LogP contribution in [0.5, 0.6) is 17.2 Å². The maximum Gasteiger partial charge on any atom is 0.189 e. The second kappa shape index (κ2) is 6.16. The molecule has 0 atom stereocenters. The number of aromatic hydroxyl groups is 1. The summed E-state index contributed by atoms with van der Waals surface area (Å²) in [5, 5.41) is 9.85. The number of hydrogen-bond acceptors (Lipinski definition) is 4. The number of rotatable bonds is 3. The summed E-state index contributed by atoms with van der Waals surface area (Å²) in [5.41, 5.74) is 3.26. The van der Waals surface area contributed by atoms with E-state index >= 15 is 0 Å². The van der Waals surface area contributed by atoms with Crippen molar-refractivity contribution in [2.75, 3.05) is 14.2 Å². The molecule has 1 N–H and O–H groups in total. The zero-order valence-electron chi connectivity index (χ0n) is 13.1. The lowest BCUT2D eigenvalue weighted by atomic mass is 9.86. The summed E-state index contributed by atoms with van der Waals surface area (Å²) in [6.07, 6.45) is 3.30. The average molecular weight is 310 g/mol. The van der Waals surface area contributed by atoms with Crippen molar-refractivity contribution in [3.8, 4) is 17.2 Å². The number of carbonyl (C=O) groups is 1. The lowest BCUT2D eigenvalue weighted by Crippen LogP contribution is -2.14. The van der Waals surface area contributed by atoms with Gasteiger partial charge in [0.2, 0.25) is 0 Å². The van der Waals surface area contributed by atoms with Crippen LogP contribution in [0.2, 0.25) is 0 Å². The Bertz CT molecular complexity index is 790. The van der Waals surface area contributed by atoms with Crippen LogP contribution in [0.4, 0.5) is 0 Å². The van der Waals surface area contributed by atoms with Crippen LogP contribution in [0.1, 0.15) is 27.9 Å². The first-order valence-corrected chi connectivity index (χ1v) is 7.41. The molecule has 0 amide bonds. The first-order valence-electron chi connectivity index (χ1n) is 7.41. The Morgan fingerprint density at radius 3 is 2.57 bits per heavy atom. The first-order chi connectivity index (χ1) is 11.1. The van der Waals surface area contributed by atoms with Crippen LogP contribution in [0.25, 0.3) is 6.08 Å². The summed E-state index contributed by atoms with van der Waals surface area (Å²) in [5.74, 6) is 1.28. The van der Waals surface area contributed by atoms with Crippen LogP contribution in [0.3, 0.4) is 0 Å². The van der Waals surface area contributed by atoms with E-state index in [1.165, 1.54) is 7.11 Å². The van der Waals surface area contributed by atoms with E-state index in [2.05, 4.69) is 0 Å². The minimum Gasteiger partial charge on any atom is -0.504 e. The molecule has 0 aliphatic heterocycles. The van der Waals surface area contributed by atoms with Crippen LogP contribution < -0.4 is 9.47 Å². The van der Waals surface area contributed by atoms with Crippen molar-refractivity contribution in [3.63, 3.8) is 0 Å². The number of phenols is 1. The van der Waals surface area contributed by atoms with E-state index in [9.17, 15) is 9.90 Å². The van der Waals surface area contributed by atoms with Crippen molar-refractivity contribution in [1.29, 1.82) is 0 Å². The molecule has 0 saturated carbocycles. The Morgan fingerprint density at radius 2 is 1.87 bits per heavy atom. The number of allylic oxidation sites excluding steroid dienone is 1. The molecule has 4 heteroatoms. The van der Waals surface area contributed by atoms with Gasteiger partial charge in [-0.05, 0) is 60.4 Å². The molecular weight excluding hydrogens is 292 g/mol. The number of hydrogen-bond donors (Lipinski definition) is 1. The monoisotopic (exact) mass is 310 g/mol. The Balaban J connectivity index is 1.92. The van der Waals surface area contributed by atoms with Gasteiger partial charge in [-0.2, -0.15) is 0 Å². The number of carbonyl (C=O) groups excluding carboxylic acids is 1. The summed E-state index contributed by atoms with van der Waals surface area (Å²) in [6, 6.07) is 10.6. The second-order valence-electron chi connectivity index (χ2n) is 5.45. The van der Waals surface area contributed by atoms with E-state index in [1.807, 2.05) is 24.3 Å². The van der Waals surface area contributed by atoms with E-state index in [0.29, 0.717) is 12.2 Å². The van der Waals surface area contributed by atoms with Crippen molar-refractivity contribution in [2.45, 2.75) is 12.8 Å². The maximum absolute atomic E-state index is 12.6. The minimum absolute atomic E-state index is 0.0317. The van der Waals surface area contributed by atoms with Gasteiger partial charge in [-0.25, -0.2) is 0 Å². The maximum atomic E-state index is 12.6. The Labute approximate surface area is 135 Å². The fourth-order valence-electron chi connectivity index (χ4n) is 2.82. The number of aryl methyl sites for hydroxylation is 1. The van der Waals surface area contributed by atoms with Crippen molar-refractivity contribution >= 4 is 11.9 Å². The van der Waals surface area contributed by atoms with Gasteiger partial charge in [-0.15, -0.1) is 0 Å². The molecule has 0 radical (unpaired) electrons. The number of ether oxygens (including phenoxy) is 2. The highest BCUT2D eigenvalue weighted by Gasteiger charge is 2.22. The molecule has 0 heterocycles. The van der Waals surface area contributed by atoms with E-state index in [4.69, 9.17) is 9.47 Å². The molecule has 0 spiro atoms. The minimum atomic E-state index is 0.0317. The molecular formula is C19H18O4. The molecule has 0 saturated heterocycles. The zero-order chi connectivity index (χ0) is 16.4. The van der Waals surface area contributed by atoms with Crippen molar-refractivity contribution in [1.82, 2.24) is 0 Å².